The summed E-state index contributed by atoms with van der Waals surface area (Å²) < 4.78 is 24.1. The molecule has 2 aromatic rings. The topological polar surface area (TPSA) is 72.6 Å². The minimum atomic E-state index is -0.517. The summed E-state index contributed by atoms with van der Waals surface area (Å²) in [5, 5.41) is 0. The molecule has 0 bridgehead atoms. The van der Waals surface area contributed by atoms with Crippen molar-refractivity contribution in [2.24, 2.45) is 0 Å². The van der Waals surface area contributed by atoms with Gasteiger partial charge in [-0.3, -0.25) is 9.59 Å². The lowest BCUT2D eigenvalue weighted by atomic mass is 10.2. The number of hydrogen-bond donors (Lipinski definition) is 0. The standard InChI is InChI=1S/C18H21FN2O4/c1-12(2)21(3)17(22)11-24-18(23)9-8-16-20-10-15(25-16)13-6-4-5-7-14(13)19/h4-7,10,12H,8-9,11H2,1-3H3. The fraction of sp³-hybridized carbons (Fsp3) is 0.389. The van der Waals surface area contributed by atoms with Crippen LogP contribution in [-0.4, -0.2) is 41.5 Å². The molecule has 0 aliphatic rings. The lowest BCUT2D eigenvalue weighted by molar-refractivity contribution is -0.152. The van der Waals surface area contributed by atoms with Crippen LogP contribution in [-0.2, 0) is 20.7 Å². The van der Waals surface area contributed by atoms with Crippen molar-refractivity contribution in [3.8, 4) is 11.3 Å². The van der Waals surface area contributed by atoms with Crippen LogP contribution in [0.3, 0.4) is 0 Å². The van der Waals surface area contributed by atoms with E-state index in [-0.39, 0.29) is 31.4 Å². The highest BCUT2D eigenvalue weighted by molar-refractivity contribution is 5.80. The molecule has 0 atom stereocenters. The second-order valence-corrected chi connectivity index (χ2v) is 5.86. The van der Waals surface area contributed by atoms with Gasteiger partial charge in [-0.2, -0.15) is 0 Å². The minimum absolute atomic E-state index is 0.0237. The highest BCUT2D eigenvalue weighted by Crippen LogP contribution is 2.23. The van der Waals surface area contributed by atoms with Gasteiger partial charge in [0.05, 0.1) is 18.2 Å². The summed E-state index contributed by atoms with van der Waals surface area (Å²) >= 11 is 0. The second kappa shape index (κ2) is 8.41. The first kappa shape index (κ1) is 18.6. The largest absolute Gasteiger partial charge is 0.456 e. The van der Waals surface area contributed by atoms with Crippen molar-refractivity contribution in [2.75, 3.05) is 13.7 Å². The van der Waals surface area contributed by atoms with Gasteiger partial charge in [0, 0.05) is 19.5 Å². The summed E-state index contributed by atoms with van der Waals surface area (Å²) in [6.07, 6.45) is 1.65. The van der Waals surface area contributed by atoms with Crippen LogP contribution in [0.1, 0.15) is 26.2 Å². The first-order valence-corrected chi connectivity index (χ1v) is 7.99. The number of aromatic nitrogens is 1. The van der Waals surface area contributed by atoms with Crippen LogP contribution >= 0.6 is 0 Å². The highest BCUT2D eigenvalue weighted by Gasteiger charge is 2.15. The Labute approximate surface area is 145 Å². The molecule has 0 saturated carbocycles. The minimum Gasteiger partial charge on any atom is -0.456 e. The zero-order valence-electron chi connectivity index (χ0n) is 14.5. The maximum Gasteiger partial charge on any atom is 0.306 e. The number of oxazole rings is 1. The van der Waals surface area contributed by atoms with Gasteiger partial charge in [-0.15, -0.1) is 0 Å². The van der Waals surface area contributed by atoms with Gasteiger partial charge in [-0.1, -0.05) is 12.1 Å². The predicted octanol–water partition coefficient (Wildman–Crippen LogP) is 2.82. The van der Waals surface area contributed by atoms with Gasteiger partial charge in [-0.25, -0.2) is 9.37 Å². The van der Waals surface area contributed by atoms with E-state index in [1.807, 2.05) is 13.8 Å². The summed E-state index contributed by atoms with van der Waals surface area (Å²) in [4.78, 5) is 29.0. The summed E-state index contributed by atoms with van der Waals surface area (Å²) in [5.74, 6) is -0.578. The molecule has 0 fully saturated rings. The Balaban J connectivity index is 1.83. The zero-order chi connectivity index (χ0) is 18.4. The number of esters is 1. The third-order valence-corrected chi connectivity index (χ3v) is 3.76. The van der Waals surface area contributed by atoms with Crippen molar-refractivity contribution >= 4 is 11.9 Å². The van der Waals surface area contributed by atoms with Gasteiger partial charge in [0.25, 0.3) is 5.91 Å². The number of nitrogens with zero attached hydrogens (tertiary/aromatic N) is 2. The van der Waals surface area contributed by atoms with Crippen molar-refractivity contribution < 1.29 is 23.1 Å². The fourth-order valence-corrected chi connectivity index (χ4v) is 2.02. The Bertz CT molecular complexity index is 742. The van der Waals surface area contributed by atoms with Crippen LogP contribution < -0.4 is 0 Å². The SMILES string of the molecule is CC(C)N(C)C(=O)COC(=O)CCc1ncc(-c2ccccc2F)o1. The van der Waals surface area contributed by atoms with Gasteiger partial charge in [-0.05, 0) is 26.0 Å². The molecule has 0 saturated heterocycles. The van der Waals surface area contributed by atoms with Gasteiger partial charge < -0.3 is 14.1 Å². The molecule has 25 heavy (non-hydrogen) atoms. The van der Waals surface area contributed by atoms with Gasteiger partial charge in [0.2, 0.25) is 0 Å². The Morgan fingerprint density at radius 3 is 2.72 bits per heavy atom. The number of ether oxygens (including phenoxy) is 1. The molecule has 0 N–H and O–H groups in total. The average molecular weight is 348 g/mol. The average Bonchev–Trinajstić information content (AvgIpc) is 3.06. The normalized spacial score (nSPS) is 10.8. The number of carbonyl (C=O) groups is 2. The van der Waals surface area contributed by atoms with Crippen LogP contribution in [0.4, 0.5) is 4.39 Å². The smallest absolute Gasteiger partial charge is 0.306 e. The lowest BCUT2D eigenvalue weighted by Gasteiger charge is -2.20. The first-order chi connectivity index (χ1) is 11.9. The van der Waals surface area contributed by atoms with Crippen molar-refractivity contribution in [3.63, 3.8) is 0 Å². The number of carbonyl (C=O) groups excluding carboxylic acids is 2. The van der Waals surface area contributed by atoms with Gasteiger partial charge in [0.15, 0.2) is 18.3 Å². The third-order valence-electron chi connectivity index (χ3n) is 3.76. The summed E-state index contributed by atoms with van der Waals surface area (Å²) in [5.41, 5.74) is 0.311. The third kappa shape index (κ3) is 5.14. The Morgan fingerprint density at radius 1 is 1.32 bits per heavy atom. The molecule has 7 heteroatoms. The Kier molecular flexibility index (Phi) is 6.27. The lowest BCUT2D eigenvalue weighted by Crippen LogP contribution is -2.36. The van der Waals surface area contributed by atoms with Gasteiger partial charge in [0.1, 0.15) is 5.82 Å². The van der Waals surface area contributed by atoms with E-state index >= 15 is 0 Å². The maximum absolute atomic E-state index is 13.7. The molecule has 1 aromatic heterocycles. The molecule has 0 unspecified atom stereocenters. The molecule has 1 heterocycles. The van der Waals surface area contributed by atoms with E-state index < -0.39 is 11.8 Å². The van der Waals surface area contributed by atoms with Crippen LogP contribution in [0, 0.1) is 5.82 Å². The monoisotopic (exact) mass is 348 g/mol. The Morgan fingerprint density at radius 2 is 2.04 bits per heavy atom. The number of halogens is 1. The molecule has 1 aromatic carbocycles. The molecular formula is C18H21FN2O4. The van der Waals surface area contributed by atoms with E-state index in [4.69, 9.17) is 9.15 Å². The summed E-state index contributed by atoms with van der Waals surface area (Å²) in [6, 6.07) is 6.24. The van der Waals surface area contributed by atoms with Crippen molar-refractivity contribution in [1.29, 1.82) is 0 Å². The van der Waals surface area contributed by atoms with E-state index in [9.17, 15) is 14.0 Å². The van der Waals surface area contributed by atoms with E-state index in [2.05, 4.69) is 4.98 Å². The summed E-state index contributed by atoms with van der Waals surface area (Å²) in [7, 11) is 1.65. The summed E-state index contributed by atoms with van der Waals surface area (Å²) in [6.45, 7) is 3.45. The Hall–Kier alpha value is -2.70. The van der Waals surface area contributed by atoms with Crippen LogP contribution in [0.2, 0.25) is 0 Å². The number of benzene rings is 1. The molecule has 0 spiro atoms. The fourth-order valence-electron chi connectivity index (χ4n) is 2.02. The maximum atomic E-state index is 13.7. The molecule has 6 nitrogen and oxygen atoms in total. The molecule has 0 aliphatic carbocycles. The molecule has 134 valence electrons. The number of aryl methyl sites for hydroxylation is 1. The number of amides is 1. The second-order valence-electron chi connectivity index (χ2n) is 5.86. The molecular weight excluding hydrogens is 327 g/mol. The molecule has 2 rings (SSSR count). The van der Waals surface area contributed by atoms with E-state index in [1.54, 1.807) is 25.2 Å². The van der Waals surface area contributed by atoms with E-state index in [0.717, 1.165) is 0 Å². The predicted molar refractivity (Wildman–Crippen MR) is 89.1 cm³/mol. The van der Waals surface area contributed by atoms with Crippen molar-refractivity contribution in [1.82, 2.24) is 9.88 Å². The van der Waals surface area contributed by atoms with E-state index in [1.165, 1.54) is 17.2 Å². The van der Waals surface area contributed by atoms with Crippen LogP contribution in [0.15, 0.2) is 34.9 Å². The highest BCUT2D eigenvalue weighted by atomic mass is 19.1. The van der Waals surface area contributed by atoms with Crippen molar-refractivity contribution in [3.05, 3.63) is 42.2 Å². The van der Waals surface area contributed by atoms with Crippen molar-refractivity contribution in [2.45, 2.75) is 32.7 Å². The zero-order valence-corrected chi connectivity index (χ0v) is 14.5. The molecule has 0 radical (unpaired) electrons. The molecule has 1 amide bonds. The van der Waals surface area contributed by atoms with Crippen LogP contribution in [0.25, 0.3) is 11.3 Å². The quantitative estimate of drug-likeness (QED) is 0.720. The first-order valence-electron chi connectivity index (χ1n) is 7.99. The number of likely N-dealkylation sites (N-methyl/N-ethyl adjacent to an activating group) is 1. The molecule has 0 aliphatic heterocycles. The van der Waals surface area contributed by atoms with Gasteiger partial charge >= 0.3 is 5.97 Å². The number of rotatable bonds is 7. The number of hydrogen-bond acceptors (Lipinski definition) is 5. The van der Waals surface area contributed by atoms with Crippen LogP contribution in [0.5, 0.6) is 0 Å². The van der Waals surface area contributed by atoms with E-state index in [0.29, 0.717) is 17.2 Å².